The molecular formula is C14H20N2O2. The zero-order chi connectivity index (χ0) is 13.0. The SMILES string of the molecule is Nc1ccc(O)cc1C(=O)N1CCCCCCC1. The number of phenols is 1. The molecule has 2 rings (SSSR count). The van der Waals surface area contributed by atoms with Crippen molar-refractivity contribution in [1.82, 2.24) is 4.90 Å². The van der Waals surface area contributed by atoms with Crippen LogP contribution >= 0.6 is 0 Å². The Balaban J connectivity index is 2.15. The molecule has 1 aliphatic rings. The van der Waals surface area contributed by atoms with E-state index in [-0.39, 0.29) is 11.7 Å². The molecule has 4 nitrogen and oxygen atoms in total. The zero-order valence-corrected chi connectivity index (χ0v) is 10.6. The predicted octanol–water partition coefficient (Wildman–Crippen LogP) is 2.38. The molecule has 0 spiro atoms. The second kappa shape index (κ2) is 5.76. The number of nitrogens with two attached hydrogens (primary N) is 1. The van der Waals surface area contributed by atoms with Gasteiger partial charge in [0.1, 0.15) is 5.75 Å². The van der Waals surface area contributed by atoms with Gasteiger partial charge in [0.05, 0.1) is 5.56 Å². The molecule has 0 saturated carbocycles. The van der Waals surface area contributed by atoms with E-state index in [0.29, 0.717) is 11.3 Å². The number of carbonyl (C=O) groups is 1. The van der Waals surface area contributed by atoms with Crippen LogP contribution in [0, 0.1) is 0 Å². The summed E-state index contributed by atoms with van der Waals surface area (Å²) in [7, 11) is 0. The first-order chi connectivity index (χ1) is 8.68. The van der Waals surface area contributed by atoms with Gasteiger partial charge in [-0.05, 0) is 31.0 Å². The van der Waals surface area contributed by atoms with Crippen molar-refractivity contribution in [2.24, 2.45) is 0 Å². The lowest BCUT2D eigenvalue weighted by Gasteiger charge is -2.25. The van der Waals surface area contributed by atoms with Gasteiger partial charge < -0.3 is 15.7 Å². The monoisotopic (exact) mass is 248 g/mol. The zero-order valence-electron chi connectivity index (χ0n) is 10.6. The van der Waals surface area contributed by atoms with Gasteiger partial charge in [0, 0.05) is 18.8 Å². The molecule has 0 unspecified atom stereocenters. The molecule has 0 aliphatic carbocycles. The van der Waals surface area contributed by atoms with Crippen molar-refractivity contribution in [2.75, 3.05) is 18.8 Å². The van der Waals surface area contributed by atoms with Crippen molar-refractivity contribution in [3.05, 3.63) is 23.8 Å². The van der Waals surface area contributed by atoms with Crippen LogP contribution in [0.25, 0.3) is 0 Å². The molecule has 3 N–H and O–H groups in total. The number of anilines is 1. The summed E-state index contributed by atoms with van der Waals surface area (Å²) in [5.74, 6) is 0.0184. The van der Waals surface area contributed by atoms with Gasteiger partial charge >= 0.3 is 0 Å². The number of rotatable bonds is 1. The van der Waals surface area contributed by atoms with Crippen LogP contribution in [0.1, 0.15) is 42.5 Å². The van der Waals surface area contributed by atoms with E-state index in [1.54, 1.807) is 6.07 Å². The number of nitrogen functional groups attached to an aromatic ring is 1. The van der Waals surface area contributed by atoms with Gasteiger partial charge in [0.2, 0.25) is 0 Å². The third kappa shape index (κ3) is 2.94. The van der Waals surface area contributed by atoms with Crippen molar-refractivity contribution in [2.45, 2.75) is 32.1 Å². The van der Waals surface area contributed by atoms with E-state index >= 15 is 0 Å². The van der Waals surface area contributed by atoms with Crippen molar-refractivity contribution >= 4 is 11.6 Å². The highest BCUT2D eigenvalue weighted by atomic mass is 16.3. The third-order valence-electron chi connectivity index (χ3n) is 3.41. The highest BCUT2D eigenvalue weighted by Gasteiger charge is 2.19. The van der Waals surface area contributed by atoms with Gasteiger partial charge in [-0.25, -0.2) is 0 Å². The fourth-order valence-corrected chi connectivity index (χ4v) is 2.35. The van der Waals surface area contributed by atoms with Gasteiger partial charge in [0.15, 0.2) is 0 Å². The highest BCUT2D eigenvalue weighted by Crippen LogP contribution is 2.21. The van der Waals surface area contributed by atoms with Crippen molar-refractivity contribution in [3.63, 3.8) is 0 Å². The molecule has 98 valence electrons. The number of phenolic OH excluding ortho intramolecular Hbond substituents is 1. The highest BCUT2D eigenvalue weighted by molar-refractivity contribution is 5.99. The maximum absolute atomic E-state index is 12.4. The molecule has 4 heteroatoms. The van der Waals surface area contributed by atoms with Crippen LogP contribution in [-0.2, 0) is 0 Å². The molecule has 1 aromatic carbocycles. The smallest absolute Gasteiger partial charge is 0.256 e. The standard InChI is InChI=1S/C14H20N2O2/c15-13-7-6-11(17)10-12(13)14(18)16-8-4-2-1-3-5-9-16/h6-7,10,17H,1-5,8-9,15H2. The number of aromatic hydroxyl groups is 1. The van der Waals surface area contributed by atoms with Crippen LogP contribution in [0.4, 0.5) is 5.69 Å². The van der Waals surface area contributed by atoms with E-state index < -0.39 is 0 Å². The summed E-state index contributed by atoms with van der Waals surface area (Å²) in [6.07, 6.45) is 5.71. The predicted molar refractivity (Wildman–Crippen MR) is 71.5 cm³/mol. The first-order valence-electron chi connectivity index (χ1n) is 6.56. The van der Waals surface area contributed by atoms with Crippen molar-refractivity contribution in [3.8, 4) is 5.75 Å². The van der Waals surface area contributed by atoms with Crippen LogP contribution in [0.15, 0.2) is 18.2 Å². The van der Waals surface area contributed by atoms with E-state index in [4.69, 9.17) is 5.73 Å². The molecule has 18 heavy (non-hydrogen) atoms. The van der Waals surface area contributed by atoms with E-state index in [9.17, 15) is 9.90 Å². The summed E-state index contributed by atoms with van der Waals surface area (Å²) >= 11 is 0. The Morgan fingerprint density at radius 3 is 2.39 bits per heavy atom. The van der Waals surface area contributed by atoms with Crippen molar-refractivity contribution in [1.29, 1.82) is 0 Å². The maximum atomic E-state index is 12.4. The summed E-state index contributed by atoms with van der Waals surface area (Å²) in [6.45, 7) is 1.57. The first kappa shape index (κ1) is 12.7. The van der Waals surface area contributed by atoms with Crippen LogP contribution in [0.3, 0.4) is 0 Å². The summed E-state index contributed by atoms with van der Waals surface area (Å²) in [5, 5.41) is 9.46. The Morgan fingerprint density at radius 1 is 1.11 bits per heavy atom. The molecule has 0 bridgehead atoms. The summed E-state index contributed by atoms with van der Waals surface area (Å²) < 4.78 is 0. The molecule has 1 aromatic rings. The molecule has 1 amide bonds. The second-order valence-electron chi connectivity index (χ2n) is 4.83. The quantitative estimate of drug-likeness (QED) is 0.592. The minimum atomic E-state index is -0.0645. The minimum Gasteiger partial charge on any atom is -0.508 e. The minimum absolute atomic E-state index is 0.0645. The van der Waals surface area contributed by atoms with Gasteiger partial charge in [0.25, 0.3) is 5.91 Å². The van der Waals surface area contributed by atoms with Gasteiger partial charge in [-0.3, -0.25) is 4.79 Å². The maximum Gasteiger partial charge on any atom is 0.256 e. The molecule has 1 saturated heterocycles. The lowest BCUT2D eigenvalue weighted by Crippen LogP contribution is -2.34. The Morgan fingerprint density at radius 2 is 1.72 bits per heavy atom. The van der Waals surface area contributed by atoms with Gasteiger partial charge in [-0.2, -0.15) is 0 Å². The van der Waals surface area contributed by atoms with E-state index in [2.05, 4.69) is 0 Å². The van der Waals surface area contributed by atoms with E-state index in [0.717, 1.165) is 25.9 Å². The topological polar surface area (TPSA) is 66.6 Å². The molecule has 1 heterocycles. The second-order valence-corrected chi connectivity index (χ2v) is 4.83. The van der Waals surface area contributed by atoms with Crippen LogP contribution < -0.4 is 5.73 Å². The number of carbonyl (C=O) groups excluding carboxylic acids is 1. The Bertz CT molecular complexity index is 424. The number of benzene rings is 1. The first-order valence-corrected chi connectivity index (χ1v) is 6.56. The number of amides is 1. The summed E-state index contributed by atoms with van der Waals surface area (Å²) in [4.78, 5) is 14.2. The fraction of sp³-hybridized carbons (Fsp3) is 0.500. The number of hydrogen-bond donors (Lipinski definition) is 2. The van der Waals surface area contributed by atoms with Crippen molar-refractivity contribution < 1.29 is 9.90 Å². The molecular weight excluding hydrogens is 228 g/mol. The van der Waals surface area contributed by atoms with Crippen LogP contribution in [0.2, 0.25) is 0 Å². The van der Waals surface area contributed by atoms with E-state index in [1.807, 2.05) is 4.90 Å². The van der Waals surface area contributed by atoms with Gasteiger partial charge in [-0.1, -0.05) is 19.3 Å². The number of nitrogens with zero attached hydrogens (tertiary/aromatic N) is 1. The lowest BCUT2D eigenvalue weighted by molar-refractivity contribution is 0.0743. The van der Waals surface area contributed by atoms with Gasteiger partial charge in [-0.15, -0.1) is 0 Å². The molecule has 1 aliphatic heterocycles. The fourth-order valence-electron chi connectivity index (χ4n) is 2.35. The number of likely N-dealkylation sites (tertiary alicyclic amines) is 1. The Kier molecular flexibility index (Phi) is 4.07. The summed E-state index contributed by atoms with van der Waals surface area (Å²) in [6, 6.07) is 4.53. The third-order valence-corrected chi connectivity index (χ3v) is 3.41. The van der Waals surface area contributed by atoms with Crippen LogP contribution in [-0.4, -0.2) is 29.0 Å². The molecule has 0 aromatic heterocycles. The average molecular weight is 248 g/mol. The van der Waals surface area contributed by atoms with Crippen LogP contribution in [0.5, 0.6) is 5.75 Å². The summed E-state index contributed by atoms with van der Waals surface area (Å²) in [5.41, 5.74) is 6.65. The Hall–Kier alpha value is -1.71. The Labute approximate surface area is 107 Å². The average Bonchev–Trinajstić information content (AvgIpc) is 2.31. The molecule has 0 atom stereocenters. The largest absolute Gasteiger partial charge is 0.508 e. The lowest BCUT2D eigenvalue weighted by atomic mass is 10.1. The normalized spacial score (nSPS) is 17.0. The van der Waals surface area contributed by atoms with E-state index in [1.165, 1.54) is 31.4 Å². The molecule has 1 fully saturated rings. The number of hydrogen-bond acceptors (Lipinski definition) is 3. The molecule has 0 radical (unpaired) electrons.